The topological polar surface area (TPSA) is 107 Å². The highest BCUT2D eigenvalue weighted by atomic mass is 16.5. The average Bonchev–Trinajstić information content (AvgIpc) is 2.66. The SMILES string of the molecule is CCCNC(=O)CN1CCC(NC(=NCC(=O)NCCOC)NCC)CC1. The van der Waals surface area contributed by atoms with Gasteiger partial charge in [0.05, 0.1) is 13.2 Å². The number of carbonyl (C=O) groups is 2. The minimum absolute atomic E-state index is 0.0789. The van der Waals surface area contributed by atoms with Crippen molar-refractivity contribution < 1.29 is 14.3 Å². The Hall–Kier alpha value is -1.87. The third-order valence-electron chi connectivity index (χ3n) is 4.22. The lowest BCUT2D eigenvalue weighted by Crippen LogP contribution is -2.50. The van der Waals surface area contributed by atoms with Crippen LogP contribution in [0.3, 0.4) is 0 Å². The molecule has 2 amide bonds. The van der Waals surface area contributed by atoms with Crippen LogP contribution in [-0.2, 0) is 14.3 Å². The van der Waals surface area contributed by atoms with Gasteiger partial charge in [0.15, 0.2) is 5.96 Å². The Morgan fingerprint density at radius 2 is 1.78 bits per heavy atom. The van der Waals surface area contributed by atoms with Gasteiger partial charge in [-0.3, -0.25) is 14.5 Å². The van der Waals surface area contributed by atoms with Crippen LogP contribution < -0.4 is 21.3 Å². The summed E-state index contributed by atoms with van der Waals surface area (Å²) in [6.07, 6.45) is 2.83. The number of hydrogen-bond acceptors (Lipinski definition) is 5. The van der Waals surface area contributed by atoms with E-state index in [1.807, 2.05) is 13.8 Å². The van der Waals surface area contributed by atoms with E-state index in [0.717, 1.165) is 45.4 Å². The molecule has 1 aliphatic rings. The minimum Gasteiger partial charge on any atom is -0.383 e. The molecular weight excluding hydrogens is 348 g/mol. The van der Waals surface area contributed by atoms with Crippen LogP contribution in [0.1, 0.15) is 33.1 Å². The van der Waals surface area contributed by atoms with E-state index in [2.05, 4.69) is 31.2 Å². The maximum absolute atomic E-state index is 11.8. The Morgan fingerprint density at radius 1 is 1.07 bits per heavy atom. The molecule has 1 rings (SSSR count). The summed E-state index contributed by atoms with van der Waals surface area (Å²) in [5.41, 5.74) is 0. The Balaban J connectivity index is 2.35. The molecule has 9 heteroatoms. The molecule has 0 aromatic heterocycles. The second kappa shape index (κ2) is 14.2. The van der Waals surface area contributed by atoms with Crippen molar-refractivity contribution in [3.8, 4) is 0 Å². The zero-order valence-corrected chi connectivity index (χ0v) is 17.0. The highest BCUT2D eigenvalue weighted by Crippen LogP contribution is 2.09. The number of nitrogens with zero attached hydrogens (tertiary/aromatic N) is 2. The molecule has 1 heterocycles. The average molecular weight is 385 g/mol. The van der Waals surface area contributed by atoms with Gasteiger partial charge in [-0.25, -0.2) is 4.99 Å². The van der Waals surface area contributed by atoms with Crippen LogP contribution in [0.5, 0.6) is 0 Å². The molecule has 0 aliphatic carbocycles. The van der Waals surface area contributed by atoms with Crippen LogP contribution >= 0.6 is 0 Å². The van der Waals surface area contributed by atoms with Gasteiger partial charge in [0.1, 0.15) is 6.54 Å². The maximum Gasteiger partial charge on any atom is 0.241 e. The van der Waals surface area contributed by atoms with Crippen molar-refractivity contribution in [2.45, 2.75) is 39.2 Å². The highest BCUT2D eigenvalue weighted by Gasteiger charge is 2.21. The Kier molecular flexibility index (Phi) is 12.2. The van der Waals surface area contributed by atoms with Crippen LogP contribution in [0.25, 0.3) is 0 Å². The fourth-order valence-corrected chi connectivity index (χ4v) is 2.77. The van der Waals surface area contributed by atoms with E-state index in [-0.39, 0.29) is 24.4 Å². The second-order valence-corrected chi connectivity index (χ2v) is 6.58. The molecule has 1 saturated heterocycles. The van der Waals surface area contributed by atoms with Gasteiger partial charge >= 0.3 is 0 Å². The van der Waals surface area contributed by atoms with E-state index in [1.54, 1.807) is 7.11 Å². The first-order chi connectivity index (χ1) is 13.1. The number of methoxy groups -OCH3 is 1. The van der Waals surface area contributed by atoms with Crippen LogP contribution in [0.15, 0.2) is 4.99 Å². The van der Waals surface area contributed by atoms with Crippen molar-refractivity contribution in [3.05, 3.63) is 0 Å². The second-order valence-electron chi connectivity index (χ2n) is 6.58. The van der Waals surface area contributed by atoms with Crippen molar-refractivity contribution in [2.75, 3.05) is 59.5 Å². The standard InChI is InChI=1S/C18H36N6O3/c1-4-8-20-17(26)14-24-10-6-15(7-11-24)23-18(19-5-2)22-13-16(25)21-9-12-27-3/h15H,4-14H2,1-3H3,(H,20,26)(H,21,25)(H2,19,22,23). The molecule has 0 radical (unpaired) electrons. The third-order valence-corrected chi connectivity index (χ3v) is 4.22. The molecule has 0 spiro atoms. The van der Waals surface area contributed by atoms with Gasteiger partial charge < -0.3 is 26.0 Å². The lowest BCUT2D eigenvalue weighted by molar-refractivity contribution is -0.122. The molecule has 0 atom stereocenters. The van der Waals surface area contributed by atoms with Gasteiger partial charge in [-0.05, 0) is 26.2 Å². The fourth-order valence-electron chi connectivity index (χ4n) is 2.77. The highest BCUT2D eigenvalue weighted by molar-refractivity contribution is 5.85. The number of carbonyl (C=O) groups excluding carboxylic acids is 2. The molecular formula is C18H36N6O3. The first kappa shape index (κ1) is 23.2. The predicted octanol–water partition coefficient (Wildman–Crippen LogP) is -0.705. The van der Waals surface area contributed by atoms with Crippen molar-refractivity contribution in [2.24, 2.45) is 4.99 Å². The summed E-state index contributed by atoms with van der Waals surface area (Å²) in [5, 5.41) is 12.2. The van der Waals surface area contributed by atoms with Crippen molar-refractivity contribution in [1.29, 1.82) is 0 Å². The number of ether oxygens (including phenoxy) is 1. The molecule has 0 bridgehead atoms. The largest absolute Gasteiger partial charge is 0.383 e. The molecule has 156 valence electrons. The fraction of sp³-hybridized carbons (Fsp3) is 0.833. The minimum atomic E-state index is -0.128. The van der Waals surface area contributed by atoms with Crippen LogP contribution in [0, 0.1) is 0 Å². The van der Waals surface area contributed by atoms with E-state index in [0.29, 0.717) is 25.7 Å². The molecule has 0 aromatic rings. The van der Waals surface area contributed by atoms with E-state index in [9.17, 15) is 9.59 Å². The van der Waals surface area contributed by atoms with E-state index in [4.69, 9.17) is 4.74 Å². The van der Waals surface area contributed by atoms with Crippen LogP contribution in [-0.4, -0.2) is 88.2 Å². The van der Waals surface area contributed by atoms with E-state index >= 15 is 0 Å². The first-order valence-corrected chi connectivity index (χ1v) is 9.88. The first-order valence-electron chi connectivity index (χ1n) is 9.88. The number of rotatable bonds is 11. The van der Waals surface area contributed by atoms with Gasteiger partial charge in [-0.2, -0.15) is 0 Å². The molecule has 1 aliphatic heterocycles. The summed E-state index contributed by atoms with van der Waals surface area (Å²) >= 11 is 0. The van der Waals surface area contributed by atoms with Crippen molar-refractivity contribution >= 4 is 17.8 Å². The number of piperidine rings is 1. The van der Waals surface area contributed by atoms with Crippen LogP contribution in [0.4, 0.5) is 0 Å². The lowest BCUT2D eigenvalue weighted by Gasteiger charge is -2.32. The summed E-state index contributed by atoms with van der Waals surface area (Å²) in [5.74, 6) is 0.619. The number of guanidine groups is 1. The molecule has 9 nitrogen and oxygen atoms in total. The van der Waals surface area contributed by atoms with Gasteiger partial charge in [0, 0.05) is 45.9 Å². The monoisotopic (exact) mass is 384 g/mol. The van der Waals surface area contributed by atoms with Crippen molar-refractivity contribution in [1.82, 2.24) is 26.2 Å². The molecule has 0 unspecified atom stereocenters. The molecule has 4 N–H and O–H groups in total. The number of hydrogen-bond donors (Lipinski definition) is 4. The predicted molar refractivity (Wildman–Crippen MR) is 107 cm³/mol. The Labute approximate surface area is 162 Å². The van der Waals surface area contributed by atoms with E-state index in [1.165, 1.54) is 0 Å². The summed E-state index contributed by atoms with van der Waals surface area (Å²) in [4.78, 5) is 30.1. The zero-order chi connectivity index (χ0) is 19.9. The summed E-state index contributed by atoms with van der Waals surface area (Å²) in [7, 11) is 1.60. The zero-order valence-electron chi connectivity index (χ0n) is 17.0. The third kappa shape index (κ3) is 10.8. The molecule has 0 aromatic carbocycles. The number of nitrogens with one attached hydrogen (secondary N) is 4. The number of amides is 2. The van der Waals surface area contributed by atoms with Gasteiger partial charge in [0.2, 0.25) is 11.8 Å². The van der Waals surface area contributed by atoms with Gasteiger partial charge in [0.25, 0.3) is 0 Å². The summed E-state index contributed by atoms with van der Waals surface area (Å²) < 4.78 is 4.90. The summed E-state index contributed by atoms with van der Waals surface area (Å²) in [6.45, 7) is 8.76. The maximum atomic E-state index is 11.8. The Morgan fingerprint density at radius 3 is 2.41 bits per heavy atom. The number of aliphatic imine (C=N–C) groups is 1. The normalized spacial score (nSPS) is 16.0. The van der Waals surface area contributed by atoms with Crippen molar-refractivity contribution in [3.63, 3.8) is 0 Å². The van der Waals surface area contributed by atoms with Gasteiger partial charge in [-0.15, -0.1) is 0 Å². The summed E-state index contributed by atoms with van der Waals surface area (Å²) in [6, 6.07) is 0.286. The molecule has 0 saturated carbocycles. The van der Waals surface area contributed by atoms with Crippen LogP contribution in [0.2, 0.25) is 0 Å². The number of likely N-dealkylation sites (tertiary alicyclic amines) is 1. The quantitative estimate of drug-likeness (QED) is 0.213. The molecule has 1 fully saturated rings. The van der Waals surface area contributed by atoms with Gasteiger partial charge in [-0.1, -0.05) is 6.92 Å². The molecule has 27 heavy (non-hydrogen) atoms. The smallest absolute Gasteiger partial charge is 0.241 e. The van der Waals surface area contributed by atoms with E-state index < -0.39 is 0 Å². The Bertz CT molecular complexity index is 464. The lowest BCUT2D eigenvalue weighted by atomic mass is 10.1.